The fourth-order valence-electron chi connectivity index (χ4n) is 2.22. The minimum Gasteiger partial charge on any atom is -0.299 e. The highest BCUT2D eigenvalue weighted by Crippen LogP contribution is 2.18. The number of hydrogen-bond donors (Lipinski definition) is 0. The van der Waals surface area contributed by atoms with Crippen LogP contribution in [-0.4, -0.2) is 15.6 Å². The molecule has 0 aliphatic rings. The van der Waals surface area contributed by atoms with E-state index in [1.807, 2.05) is 20.9 Å². The van der Waals surface area contributed by atoms with E-state index in [0.717, 1.165) is 21.4 Å². The molecule has 0 spiro atoms. The van der Waals surface area contributed by atoms with Crippen molar-refractivity contribution >= 4 is 21.7 Å². The second kappa shape index (κ2) is 5.87. The second-order valence-corrected chi connectivity index (χ2v) is 5.82. The van der Waals surface area contributed by atoms with Gasteiger partial charge in [-0.25, -0.2) is 4.39 Å². The normalized spacial score (nSPS) is 10.8. The molecule has 0 aliphatic heterocycles. The predicted octanol–water partition coefficient (Wildman–Crippen LogP) is 3.29. The molecule has 0 bridgehead atoms. The van der Waals surface area contributed by atoms with Crippen LogP contribution in [0.2, 0.25) is 0 Å². The summed E-state index contributed by atoms with van der Waals surface area (Å²) in [5.74, 6) is -0.359. The fourth-order valence-corrected chi connectivity index (χ4v) is 2.63. The van der Waals surface area contributed by atoms with E-state index < -0.39 is 0 Å². The van der Waals surface area contributed by atoms with Gasteiger partial charge in [0.1, 0.15) is 11.6 Å². The lowest BCUT2D eigenvalue weighted by atomic mass is 10.0. The molecule has 1 aromatic carbocycles. The van der Waals surface area contributed by atoms with Gasteiger partial charge in [0, 0.05) is 35.6 Å². The fraction of sp³-hybridized carbons (Fsp3) is 0.333. The average Bonchev–Trinajstić information content (AvgIpc) is 2.61. The maximum absolute atomic E-state index is 13.6. The molecule has 2 rings (SSSR count). The van der Waals surface area contributed by atoms with Gasteiger partial charge in [-0.15, -0.1) is 0 Å². The largest absolute Gasteiger partial charge is 0.299 e. The number of benzene rings is 1. The minimum atomic E-state index is -0.346. The number of Topliss-reactive ketones (excluding diaryl/α,β-unsaturated/α-hetero) is 1. The van der Waals surface area contributed by atoms with E-state index in [0.29, 0.717) is 5.56 Å². The maximum atomic E-state index is 13.6. The lowest BCUT2D eigenvalue weighted by Crippen LogP contribution is -2.09. The zero-order chi connectivity index (χ0) is 14.9. The zero-order valence-corrected chi connectivity index (χ0v) is 13.3. The molecule has 0 fully saturated rings. The second-order valence-electron chi connectivity index (χ2n) is 4.90. The van der Waals surface area contributed by atoms with Crippen molar-refractivity contribution in [2.75, 3.05) is 0 Å². The van der Waals surface area contributed by atoms with Crippen LogP contribution in [0, 0.1) is 19.7 Å². The Morgan fingerprint density at radius 2 is 2.05 bits per heavy atom. The number of aromatic nitrogens is 2. The number of rotatable bonds is 4. The number of aryl methyl sites for hydroxylation is 2. The Balaban J connectivity index is 2.15. The summed E-state index contributed by atoms with van der Waals surface area (Å²) in [5.41, 5.74) is 3.19. The molecule has 0 atom stereocenters. The first kappa shape index (κ1) is 14.9. The molecular weight excluding hydrogens is 323 g/mol. The number of carbonyl (C=O) groups is 1. The van der Waals surface area contributed by atoms with Crippen molar-refractivity contribution in [3.05, 3.63) is 51.0 Å². The van der Waals surface area contributed by atoms with Gasteiger partial charge in [-0.2, -0.15) is 5.10 Å². The van der Waals surface area contributed by atoms with Crippen LogP contribution in [-0.2, 0) is 24.7 Å². The van der Waals surface area contributed by atoms with Crippen molar-refractivity contribution < 1.29 is 9.18 Å². The van der Waals surface area contributed by atoms with Gasteiger partial charge in [0.25, 0.3) is 0 Å². The van der Waals surface area contributed by atoms with Crippen LogP contribution in [0.25, 0.3) is 0 Å². The Labute approximate surface area is 125 Å². The third-order valence-corrected chi connectivity index (χ3v) is 3.92. The van der Waals surface area contributed by atoms with Gasteiger partial charge in [0.15, 0.2) is 0 Å². The van der Waals surface area contributed by atoms with Crippen LogP contribution < -0.4 is 0 Å². The minimum absolute atomic E-state index is 0.0128. The van der Waals surface area contributed by atoms with Crippen LogP contribution in [0.3, 0.4) is 0 Å². The van der Waals surface area contributed by atoms with E-state index in [9.17, 15) is 9.18 Å². The van der Waals surface area contributed by atoms with Crippen LogP contribution in [0.15, 0.2) is 22.7 Å². The predicted molar refractivity (Wildman–Crippen MR) is 79.2 cm³/mol. The summed E-state index contributed by atoms with van der Waals surface area (Å²) in [6.07, 6.45) is 0.385. The Bertz CT molecular complexity index is 664. The molecule has 0 aliphatic carbocycles. The molecule has 0 N–H and O–H groups in total. The van der Waals surface area contributed by atoms with E-state index in [2.05, 4.69) is 21.0 Å². The quantitative estimate of drug-likeness (QED) is 0.857. The molecule has 20 heavy (non-hydrogen) atoms. The van der Waals surface area contributed by atoms with Crippen LogP contribution in [0.4, 0.5) is 4.39 Å². The van der Waals surface area contributed by atoms with Gasteiger partial charge < -0.3 is 0 Å². The van der Waals surface area contributed by atoms with Crippen molar-refractivity contribution in [1.82, 2.24) is 9.78 Å². The molecule has 0 saturated carbocycles. The SMILES string of the molecule is Cc1nn(C)c(C)c1CC(=O)Cc1cc(Br)ccc1F. The molecule has 2 aromatic rings. The topological polar surface area (TPSA) is 34.9 Å². The van der Waals surface area contributed by atoms with Gasteiger partial charge in [-0.3, -0.25) is 9.48 Å². The van der Waals surface area contributed by atoms with Gasteiger partial charge in [-0.05, 0) is 37.6 Å². The number of halogens is 2. The van der Waals surface area contributed by atoms with E-state index in [1.165, 1.54) is 6.07 Å². The van der Waals surface area contributed by atoms with Crippen molar-refractivity contribution in [3.63, 3.8) is 0 Å². The number of nitrogens with zero attached hydrogens (tertiary/aromatic N) is 2. The molecule has 1 aromatic heterocycles. The van der Waals surface area contributed by atoms with Crippen molar-refractivity contribution in [2.45, 2.75) is 26.7 Å². The van der Waals surface area contributed by atoms with E-state index in [-0.39, 0.29) is 24.4 Å². The van der Waals surface area contributed by atoms with Gasteiger partial charge in [0.05, 0.1) is 5.69 Å². The first-order valence-corrected chi connectivity index (χ1v) is 7.12. The maximum Gasteiger partial charge on any atom is 0.141 e. The molecule has 0 radical (unpaired) electrons. The summed E-state index contributed by atoms with van der Waals surface area (Å²) in [4.78, 5) is 12.1. The molecular formula is C15H16BrFN2O. The van der Waals surface area contributed by atoms with Gasteiger partial charge in [0.2, 0.25) is 0 Å². The lowest BCUT2D eigenvalue weighted by Gasteiger charge is -2.05. The molecule has 0 amide bonds. The summed E-state index contributed by atoms with van der Waals surface area (Å²) in [5, 5.41) is 4.29. The van der Waals surface area contributed by atoms with Crippen molar-refractivity contribution in [2.24, 2.45) is 7.05 Å². The monoisotopic (exact) mass is 338 g/mol. The number of ketones is 1. The lowest BCUT2D eigenvalue weighted by molar-refractivity contribution is -0.117. The third-order valence-electron chi connectivity index (χ3n) is 3.43. The number of hydrogen-bond acceptors (Lipinski definition) is 2. The van der Waals surface area contributed by atoms with Crippen molar-refractivity contribution in [3.8, 4) is 0 Å². The molecule has 5 heteroatoms. The molecule has 106 valence electrons. The Kier molecular flexibility index (Phi) is 4.38. The standard InChI is InChI=1S/C15H16BrFN2O/c1-9-14(10(2)19(3)18-9)8-13(20)7-11-6-12(16)4-5-15(11)17/h4-6H,7-8H2,1-3H3. The highest BCUT2D eigenvalue weighted by Gasteiger charge is 2.15. The van der Waals surface area contributed by atoms with Gasteiger partial charge >= 0.3 is 0 Å². The molecule has 1 heterocycles. The summed E-state index contributed by atoms with van der Waals surface area (Å²) in [6.45, 7) is 3.82. The Morgan fingerprint density at radius 1 is 1.35 bits per heavy atom. The van der Waals surface area contributed by atoms with Crippen LogP contribution in [0.1, 0.15) is 22.5 Å². The van der Waals surface area contributed by atoms with Crippen molar-refractivity contribution in [1.29, 1.82) is 0 Å². The summed E-state index contributed by atoms with van der Waals surface area (Å²) in [6, 6.07) is 4.64. The smallest absolute Gasteiger partial charge is 0.141 e. The van der Waals surface area contributed by atoms with E-state index in [4.69, 9.17) is 0 Å². The summed E-state index contributed by atoms with van der Waals surface area (Å²) < 4.78 is 16.2. The average molecular weight is 339 g/mol. The Hall–Kier alpha value is -1.49. The highest BCUT2D eigenvalue weighted by atomic mass is 79.9. The van der Waals surface area contributed by atoms with Crippen LogP contribution >= 0.6 is 15.9 Å². The first-order chi connectivity index (χ1) is 9.38. The third kappa shape index (κ3) is 3.15. The van der Waals surface area contributed by atoms with Crippen LogP contribution in [0.5, 0.6) is 0 Å². The molecule has 0 unspecified atom stereocenters. The number of carbonyl (C=O) groups excluding carboxylic acids is 1. The Morgan fingerprint density at radius 3 is 2.65 bits per heavy atom. The highest BCUT2D eigenvalue weighted by molar-refractivity contribution is 9.10. The van der Waals surface area contributed by atoms with Gasteiger partial charge in [-0.1, -0.05) is 15.9 Å². The first-order valence-electron chi connectivity index (χ1n) is 6.33. The summed E-state index contributed by atoms with van der Waals surface area (Å²) >= 11 is 3.29. The molecule has 3 nitrogen and oxygen atoms in total. The van der Waals surface area contributed by atoms with E-state index in [1.54, 1.807) is 16.8 Å². The molecule has 0 saturated heterocycles. The zero-order valence-electron chi connectivity index (χ0n) is 11.7. The summed E-state index contributed by atoms with van der Waals surface area (Å²) in [7, 11) is 1.85. The van der Waals surface area contributed by atoms with E-state index >= 15 is 0 Å².